The number of fused-ring (bicyclic) bond motifs is 1. The number of sulfone groups is 1. The van der Waals surface area contributed by atoms with E-state index in [9.17, 15) is 26.4 Å². The fourth-order valence-electron chi connectivity index (χ4n) is 5.23. The number of carbonyl (C=O) groups excluding carboxylic acids is 1. The highest BCUT2D eigenvalue weighted by Crippen LogP contribution is 2.43. The number of amides is 1. The highest BCUT2D eigenvalue weighted by atomic mass is 32.2. The van der Waals surface area contributed by atoms with Crippen LogP contribution in [0.2, 0.25) is 0 Å². The summed E-state index contributed by atoms with van der Waals surface area (Å²) >= 11 is 0. The number of hydrogen-bond acceptors (Lipinski definition) is 13. The standard InChI is InChI=1S/C26H22F4N8O6S/c27-15-8-19-18(7-14(15)20-34-24(44-35-20)37-5-6-42-25(12-37)3-4-25)38(22(39)16(31)11-45(19,40)41)10-13-1-2-17(32-9-13)21-33-23(43-36-21)26(28,29)30/h1-2,7-9,16H,3-6,10-12,31H2/t16-/m0/s1. The number of benzene rings is 1. The molecule has 3 aliphatic rings. The van der Waals surface area contributed by atoms with Crippen molar-refractivity contribution in [2.75, 3.05) is 35.2 Å². The smallest absolute Gasteiger partial charge is 0.371 e. The minimum atomic E-state index is -4.84. The van der Waals surface area contributed by atoms with E-state index < -0.39 is 56.1 Å². The summed E-state index contributed by atoms with van der Waals surface area (Å²) in [5.41, 5.74) is 5.61. The van der Waals surface area contributed by atoms with Crippen LogP contribution in [0.1, 0.15) is 24.3 Å². The summed E-state index contributed by atoms with van der Waals surface area (Å²) < 4.78 is 95.9. The summed E-state index contributed by atoms with van der Waals surface area (Å²) in [6.07, 6.45) is -1.80. The summed E-state index contributed by atoms with van der Waals surface area (Å²) in [7, 11) is -4.23. The maximum absolute atomic E-state index is 15.5. The molecule has 236 valence electrons. The summed E-state index contributed by atoms with van der Waals surface area (Å²) in [5, 5.41) is 7.20. The van der Waals surface area contributed by atoms with Crippen molar-refractivity contribution in [1.82, 2.24) is 25.3 Å². The Bertz CT molecular complexity index is 1910. The van der Waals surface area contributed by atoms with Gasteiger partial charge < -0.3 is 29.3 Å². The molecule has 1 aliphatic carbocycles. The summed E-state index contributed by atoms with van der Waals surface area (Å²) in [6.45, 7) is 1.20. The predicted molar refractivity (Wildman–Crippen MR) is 144 cm³/mol. The van der Waals surface area contributed by atoms with E-state index in [1.807, 2.05) is 4.90 Å². The van der Waals surface area contributed by atoms with Crippen molar-refractivity contribution in [3.05, 3.63) is 47.7 Å². The lowest BCUT2D eigenvalue weighted by Gasteiger charge is -2.31. The highest BCUT2D eigenvalue weighted by molar-refractivity contribution is 7.91. The Morgan fingerprint density at radius 3 is 2.56 bits per heavy atom. The highest BCUT2D eigenvalue weighted by Gasteiger charge is 2.48. The van der Waals surface area contributed by atoms with E-state index in [0.29, 0.717) is 25.3 Å². The van der Waals surface area contributed by atoms with Gasteiger partial charge in [0, 0.05) is 12.7 Å². The molecule has 14 nitrogen and oxygen atoms in total. The molecule has 1 spiro atoms. The van der Waals surface area contributed by atoms with Gasteiger partial charge in [0.25, 0.3) is 0 Å². The molecule has 1 amide bonds. The predicted octanol–water partition coefficient (Wildman–Crippen LogP) is 2.36. The van der Waals surface area contributed by atoms with E-state index in [1.165, 1.54) is 18.3 Å². The van der Waals surface area contributed by atoms with Gasteiger partial charge in [-0.25, -0.2) is 12.8 Å². The molecule has 1 atom stereocenters. The van der Waals surface area contributed by atoms with Crippen molar-refractivity contribution >= 4 is 27.4 Å². The fraction of sp³-hybridized carbons (Fsp3) is 0.385. The second-order valence-corrected chi connectivity index (χ2v) is 12.9. The molecule has 2 aliphatic heterocycles. The van der Waals surface area contributed by atoms with Gasteiger partial charge in [0.05, 0.1) is 53.2 Å². The van der Waals surface area contributed by atoms with Crippen molar-refractivity contribution in [2.24, 2.45) is 5.73 Å². The molecule has 1 saturated carbocycles. The number of alkyl halides is 3. The second kappa shape index (κ2) is 10.3. The van der Waals surface area contributed by atoms with Crippen molar-refractivity contribution in [1.29, 1.82) is 0 Å². The van der Waals surface area contributed by atoms with Crippen LogP contribution in [0.25, 0.3) is 22.9 Å². The third-order valence-electron chi connectivity index (χ3n) is 7.70. The lowest BCUT2D eigenvalue weighted by atomic mass is 10.1. The maximum Gasteiger partial charge on any atom is 0.471 e. The van der Waals surface area contributed by atoms with Crippen LogP contribution in [-0.2, 0) is 32.1 Å². The van der Waals surface area contributed by atoms with Crippen molar-refractivity contribution < 1.29 is 44.6 Å². The summed E-state index contributed by atoms with van der Waals surface area (Å²) in [5.74, 6) is -4.62. The molecular formula is C26H22F4N8O6S. The number of carbonyl (C=O) groups is 1. The molecule has 1 saturated heterocycles. The lowest BCUT2D eigenvalue weighted by Crippen LogP contribution is -2.45. The van der Waals surface area contributed by atoms with Gasteiger partial charge in [0.2, 0.25) is 17.6 Å². The van der Waals surface area contributed by atoms with E-state index in [-0.39, 0.29) is 40.9 Å². The van der Waals surface area contributed by atoms with Crippen LogP contribution in [-0.4, -0.2) is 76.7 Å². The number of nitrogens with two attached hydrogens (primary N) is 1. The van der Waals surface area contributed by atoms with E-state index in [4.69, 9.17) is 15.0 Å². The first kappa shape index (κ1) is 29.2. The van der Waals surface area contributed by atoms with Gasteiger partial charge >= 0.3 is 18.1 Å². The minimum absolute atomic E-state index is 0.0509. The van der Waals surface area contributed by atoms with Crippen LogP contribution in [0.15, 0.2) is 44.4 Å². The lowest BCUT2D eigenvalue weighted by molar-refractivity contribution is -0.159. The molecular weight excluding hydrogens is 628 g/mol. The largest absolute Gasteiger partial charge is 0.471 e. The number of rotatable bonds is 5. The third-order valence-corrected chi connectivity index (χ3v) is 9.50. The van der Waals surface area contributed by atoms with Crippen LogP contribution in [0.4, 0.5) is 29.3 Å². The van der Waals surface area contributed by atoms with Crippen molar-refractivity contribution in [3.63, 3.8) is 0 Å². The van der Waals surface area contributed by atoms with E-state index in [2.05, 4.69) is 29.8 Å². The van der Waals surface area contributed by atoms with Crippen molar-refractivity contribution in [2.45, 2.75) is 42.1 Å². The summed E-state index contributed by atoms with van der Waals surface area (Å²) in [6, 6.07) is 3.33. The number of pyridine rings is 1. The molecule has 0 bridgehead atoms. The maximum atomic E-state index is 15.5. The molecule has 0 radical (unpaired) electrons. The molecule has 4 aromatic rings. The molecule has 2 N–H and O–H groups in total. The van der Waals surface area contributed by atoms with Gasteiger partial charge in [0.15, 0.2) is 9.84 Å². The van der Waals surface area contributed by atoms with E-state index in [0.717, 1.165) is 29.9 Å². The number of ether oxygens (including phenoxy) is 1. The molecule has 2 fully saturated rings. The first-order valence-electron chi connectivity index (χ1n) is 13.5. The number of aromatic nitrogens is 5. The van der Waals surface area contributed by atoms with E-state index >= 15 is 4.39 Å². The van der Waals surface area contributed by atoms with Crippen LogP contribution < -0.4 is 15.5 Å². The minimum Gasteiger partial charge on any atom is -0.371 e. The number of anilines is 2. The zero-order valence-electron chi connectivity index (χ0n) is 23.0. The van der Waals surface area contributed by atoms with Gasteiger partial charge in [0.1, 0.15) is 11.5 Å². The SMILES string of the molecule is N[C@H]1CS(=O)(=O)c2cc(F)c(-c3noc(N4CCOC5(CC5)C4)n3)cc2N(Cc2ccc(-c3noc(C(F)(F)F)n3)nc2)C1=O. The zero-order chi connectivity index (χ0) is 31.7. The topological polar surface area (TPSA) is 184 Å². The number of morpholine rings is 1. The molecule has 0 unspecified atom stereocenters. The Labute approximate surface area is 251 Å². The van der Waals surface area contributed by atoms with Crippen molar-refractivity contribution in [3.8, 4) is 22.9 Å². The monoisotopic (exact) mass is 650 g/mol. The first-order valence-corrected chi connectivity index (χ1v) is 15.2. The molecule has 19 heteroatoms. The Balaban J connectivity index is 1.22. The Morgan fingerprint density at radius 2 is 1.87 bits per heavy atom. The average Bonchev–Trinajstić information content (AvgIpc) is 3.38. The number of nitrogens with zero attached hydrogens (tertiary/aromatic N) is 7. The molecule has 45 heavy (non-hydrogen) atoms. The van der Waals surface area contributed by atoms with E-state index in [1.54, 1.807) is 0 Å². The van der Waals surface area contributed by atoms with Crippen LogP contribution in [0, 0.1) is 5.82 Å². The number of hydrogen-bond donors (Lipinski definition) is 1. The summed E-state index contributed by atoms with van der Waals surface area (Å²) in [4.78, 5) is 27.5. The quantitative estimate of drug-likeness (QED) is 0.311. The molecule has 1 aromatic carbocycles. The zero-order valence-corrected chi connectivity index (χ0v) is 23.8. The molecule has 3 aromatic heterocycles. The Morgan fingerprint density at radius 1 is 1.09 bits per heavy atom. The molecule has 5 heterocycles. The Kier molecular flexibility index (Phi) is 6.68. The van der Waals surface area contributed by atoms with Gasteiger partial charge in [-0.2, -0.15) is 23.1 Å². The van der Waals surface area contributed by atoms with Crippen LogP contribution in [0.3, 0.4) is 0 Å². The second-order valence-electron chi connectivity index (χ2n) is 10.9. The average molecular weight is 651 g/mol. The molecule has 7 rings (SSSR count). The fourth-order valence-corrected chi connectivity index (χ4v) is 6.80. The first-order chi connectivity index (χ1) is 21.3. The van der Waals surface area contributed by atoms with Gasteiger partial charge in [-0.05, 0) is 36.6 Å². The van der Waals surface area contributed by atoms with Gasteiger partial charge in [-0.1, -0.05) is 16.4 Å². The van der Waals surface area contributed by atoms with Crippen LogP contribution >= 0.6 is 0 Å². The van der Waals surface area contributed by atoms with Crippen LogP contribution in [0.5, 0.6) is 0 Å². The normalized spacial score (nSPS) is 20.7. The number of halogens is 4. The van der Waals surface area contributed by atoms with Gasteiger partial charge in [-0.15, -0.1) is 0 Å². The third kappa shape index (κ3) is 5.39. The Hall–Kier alpha value is -4.49. The van der Waals surface area contributed by atoms with Gasteiger partial charge in [-0.3, -0.25) is 9.78 Å².